The lowest BCUT2D eigenvalue weighted by atomic mass is 10.2. The molecule has 0 bridgehead atoms. The van der Waals surface area contributed by atoms with Crippen molar-refractivity contribution in [1.82, 2.24) is 4.90 Å². The van der Waals surface area contributed by atoms with Gasteiger partial charge in [0.15, 0.2) is 0 Å². The summed E-state index contributed by atoms with van der Waals surface area (Å²) in [5.74, 6) is 0.227. The maximum atomic E-state index is 10.8. The number of β-amino-alcohol motifs (C(OH)–C–C–N with tert-alkyl or cyclic N) is 1. The van der Waals surface area contributed by atoms with E-state index in [-0.39, 0.29) is 24.5 Å². The third-order valence-electron chi connectivity index (χ3n) is 2.82. The Labute approximate surface area is 108 Å². The lowest BCUT2D eigenvalue weighted by Gasteiger charge is -2.15. The molecule has 2 atom stereocenters. The van der Waals surface area contributed by atoms with Gasteiger partial charge in [-0.1, -0.05) is 6.07 Å². The Morgan fingerprint density at radius 3 is 2.79 bits per heavy atom. The van der Waals surface area contributed by atoms with E-state index in [0.29, 0.717) is 0 Å². The van der Waals surface area contributed by atoms with Crippen LogP contribution in [0.1, 0.15) is 0 Å². The van der Waals surface area contributed by atoms with Crippen molar-refractivity contribution in [3.63, 3.8) is 0 Å². The van der Waals surface area contributed by atoms with Crippen molar-refractivity contribution in [2.45, 2.75) is 12.2 Å². The van der Waals surface area contributed by atoms with E-state index in [9.17, 15) is 20.0 Å². The Bertz CT molecular complexity index is 506. The van der Waals surface area contributed by atoms with E-state index in [0.717, 1.165) is 4.90 Å². The largest absolute Gasteiger partial charge is 0.486 e. The molecule has 2 unspecified atom stereocenters. The second kappa shape index (κ2) is 5.11. The lowest BCUT2D eigenvalue weighted by molar-refractivity contribution is -0.385. The van der Waals surface area contributed by atoms with Crippen LogP contribution in [0.2, 0.25) is 0 Å². The molecular formula is C11H12N2O6. The van der Waals surface area contributed by atoms with Gasteiger partial charge in [0.25, 0.3) is 5.69 Å². The maximum Gasteiger partial charge on any atom is 0.407 e. The van der Waals surface area contributed by atoms with Gasteiger partial charge >= 0.3 is 6.09 Å². The minimum Gasteiger partial charge on any atom is -0.486 e. The molecule has 2 rings (SSSR count). The number of hydrogen-bond donors (Lipinski definition) is 2. The van der Waals surface area contributed by atoms with Crippen LogP contribution in [0, 0.1) is 10.1 Å². The number of carbonyl (C=O) groups is 1. The first-order valence-corrected chi connectivity index (χ1v) is 5.54. The van der Waals surface area contributed by atoms with E-state index < -0.39 is 23.2 Å². The molecule has 1 aliphatic rings. The fourth-order valence-corrected chi connectivity index (χ4v) is 1.87. The number of nitrogens with zero attached hydrogens (tertiary/aromatic N) is 2. The van der Waals surface area contributed by atoms with Gasteiger partial charge in [0.05, 0.1) is 24.1 Å². The van der Waals surface area contributed by atoms with Crippen molar-refractivity contribution < 1.29 is 24.7 Å². The van der Waals surface area contributed by atoms with Crippen LogP contribution in [0.3, 0.4) is 0 Å². The Balaban J connectivity index is 2.07. The predicted octanol–water partition coefficient (Wildman–Crippen LogP) is 0.697. The van der Waals surface area contributed by atoms with Gasteiger partial charge in [0.1, 0.15) is 18.0 Å². The molecule has 1 aromatic rings. The van der Waals surface area contributed by atoms with Crippen LogP contribution >= 0.6 is 0 Å². The predicted molar refractivity (Wildman–Crippen MR) is 63.1 cm³/mol. The number of nitro groups is 1. The summed E-state index contributed by atoms with van der Waals surface area (Å²) in [5, 5.41) is 29.1. The summed E-state index contributed by atoms with van der Waals surface area (Å²) in [6.45, 7) is -0.00583. The number of aliphatic hydroxyl groups is 1. The summed E-state index contributed by atoms with van der Waals surface area (Å²) in [7, 11) is 0. The van der Waals surface area contributed by atoms with Crippen molar-refractivity contribution in [2.24, 2.45) is 0 Å². The van der Waals surface area contributed by atoms with Crippen LogP contribution in [0.4, 0.5) is 10.5 Å². The van der Waals surface area contributed by atoms with Crippen LogP contribution in [0.15, 0.2) is 24.3 Å². The van der Waals surface area contributed by atoms with E-state index in [1.807, 2.05) is 0 Å². The summed E-state index contributed by atoms with van der Waals surface area (Å²) in [6, 6.07) is 5.53. The van der Waals surface area contributed by atoms with Gasteiger partial charge in [0, 0.05) is 6.07 Å². The molecule has 1 heterocycles. The van der Waals surface area contributed by atoms with E-state index in [4.69, 9.17) is 9.84 Å². The zero-order valence-electron chi connectivity index (χ0n) is 9.80. The number of benzene rings is 1. The molecule has 1 saturated heterocycles. The van der Waals surface area contributed by atoms with Gasteiger partial charge < -0.3 is 19.8 Å². The topological polar surface area (TPSA) is 113 Å². The second-order valence-electron chi connectivity index (χ2n) is 4.17. The van der Waals surface area contributed by atoms with Crippen molar-refractivity contribution in [3.05, 3.63) is 34.4 Å². The monoisotopic (exact) mass is 268 g/mol. The average Bonchev–Trinajstić information content (AvgIpc) is 2.71. The molecule has 1 fully saturated rings. The average molecular weight is 268 g/mol. The van der Waals surface area contributed by atoms with Crippen LogP contribution in [-0.2, 0) is 0 Å². The van der Waals surface area contributed by atoms with Crippen LogP contribution in [0.25, 0.3) is 0 Å². The summed E-state index contributed by atoms with van der Waals surface area (Å²) in [6.07, 6.45) is -2.81. The smallest absolute Gasteiger partial charge is 0.407 e. The number of amides is 1. The quantitative estimate of drug-likeness (QED) is 0.616. The van der Waals surface area contributed by atoms with E-state index in [2.05, 4.69) is 0 Å². The van der Waals surface area contributed by atoms with Gasteiger partial charge in [-0.15, -0.1) is 0 Å². The Kier molecular flexibility index (Phi) is 3.52. The first-order valence-electron chi connectivity index (χ1n) is 5.54. The molecule has 8 heteroatoms. The fourth-order valence-electron chi connectivity index (χ4n) is 1.87. The molecule has 8 nitrogen and oxygen atoms in total. The number of aliphatic hydroxyl groups excluding tert-OH is 1. The summed E-state index contributed by atoms with van der Waals surface area (Å²) < 4.78 is 5.40. The van der Waals surface area contributed by atoms with E-state index in [1.54, 1.807) is 0 Å². The minimum atomic E-state index is -1.14. The van der Waals surface area contributed by atoms with Gasteiger partial charge in [-0.3, -0.25) is 10.1 Å². The van der Waals surface area contributed by atoms with Crippen molar-refractivity contribution in [1.29, 1.82) is 0 Å². The van der Waals surface area contributed by atoms with Gasteiger partial charge in [0.2, 0.25) is 0 Å². The highest BCUT2D eigenvalue weighted by molar-refractivity contribution is 5.65. The highest BCUT2D eigenvalue weighted by Gasteiger charge is 2.35. The third-order valence-corrected chi connectivity index (χ3v) is 2.82. The first kappa shape index (κ1) is 13.1. The number of hydrogen-bond acceptors (Lipinski definition) is 5. The lowest BCUT2D eigenvalue weighted by Crippen LogP contribution is -2.30. The number of rotatable bonds is 3. The Morgan fingerprint density at radius 1 is 1.47 bits per heavy atom. The van der Waals surface area contributed by atoms with Crippen LogP contribution in [-0.4, -0.2) is 51.4 Å². The number of carboxylic acid groups (broad SMARTS) is 1. The summed E-state index contributed by atoms with van der Waals surface area (Å²) >= 11 is 0. The molecule has 1 amide bonds. The van der Waals surface area contributed by atoms with Gasteiger partial charge in [-0.25, -0.2) is 4.79 Å². The highest BCUT2D eigenvalue weighted by Crippen LogP contribution is 2.23. The van der Waals surface area contributed by atoms with Crippen molar-refractivity contribution >= 4 is 11.8 Å². The molecule has 102 valence electrons. The van der Waals surface area contributed by atoms with Gasteiger partial charge in [-0.05, 0) is 6.07 Å². The highest BCUT2D eigenvalue weighted by atomic mass is 16.6. The number of nitro benzene ring substituents is 1. The minimum absolute atomic E-state index is 0.0270. The molecule has 2 N–H and O–H groups in total. The molecule has 0 spiro atoms. The van der Waals surface area contributed by atoms with E-state index in [1.165, 1.54) is 24.3 Å². The second-order valence-corrected chi connectivity index (χ2v) is 4.17. The Morgan fingerprint density at radius 2 is 2.21 bits per heavy atom. The molecular weight excluding hydrogens is 256 g/mol. The zero-order valence-corrected chi connectivity index (χ0v) is 9.80. The zero-order chi connectivity index (χ0) is 14.0. The van der Waals surface area contributed by atoms with Crippen molar-refractivity contribution in [3.8, 4) is 5.75 Å². The molecule has 1 aromatic carbocycles. The van der Waals surface area contributed by atoms with E-state index >= 15 is 0 Å². The third kappa shape index (κ3) is 2.91. The first-order chi connectivity index (χ1) is 8.97. The van der Waals surface area contributed by atoms with Crippen LogP contribution in [0.5, 0.6) is 5.75 Å². The molecule has 0 saturated carbocycles. The summed E-state index contributed by atoms with van der Waals surface area (Å²) in [4.78, 5) is 21.8. The number of non-ortho nitro benzene ring substituents is 1. The normalized spacial score (nSPS) is 22.3. The summed E-state index contributed by atoms with van der Waals surface area (Å²) in [5.41, 5.74) is -0.125. The molecule has 1 aliphatic heterocycles. The van der Waals surface area contributed by atoms with Crippen molar-refractivity contribution in [2.75, 3.05) is 13.1 Å². The molecule has 0 aliphatic carbocycles. The van der Waals surface area contributed by atoms with Gasteiger partial charge in [-0.2, -0.15) is 0 Å². The standard InChI is InChI=1S/C11H12N2O6/c14-9-5-12(11(15)16)6-10(9)19-8-3-1-2-7(4-8)13(17)18/h1-4,9-10,14H,5-6H2,(H,15,16). The molecule has 0 aromatic heterocycles. The Hall–Kier alpha value is -2.35. The maximum absolute atomic E-state index is 10.8. The van der Waals surface area contributed by atoms with Crippen LogP contribution < -0.4 is 4.74 Å². The SMILES string of the molecule is O=C(O)N1CC(O)C(Oc2cccc([N+](=O)[O-])c2)C1. The number of ether oxygens (including phenoxy) is 1. The molecule has 19 heavy (non-hydrogen) atoms. The fraction of sp³-hybridized carbons (Fsp3) is 0.364. The number of likely N-dealkylation sites (tertiary alicyclic amines) is 1. The molecule has 0 radical (unpaired) electrons.